The van der Waals surface area contributed by atoms with E-state index in [0.29, 0.717) is 29.7 Å². The molecular formula is C17H16N2O4. The number of carbonyl (C=O) groups excluding carboxylic acids is 2. The van der Waals surface area contributed by atoms with E-state index < -0.39 is 18.5 Å². The minimum absolute atomic E-state index is 0.449. The average Bonchev–Trinajstić information content (AvgIpc) is 2.60. The summed E-state index contributed by atoms with van der Waals surface area (Å²) in [5.74, 6) is -0.899. The van der Waals surface area contributed by atoms with Crippen LogP contribution in [0.3, 0.4) is 0 Å². The van der Waals surface area contributed by atoms with Crippen LogP contribution in [0.2, 0.25) is 0 Å². The van der Waals surface area contributed by atoms with Crippen LogP contribution in [-0.2, 0) is 4.74 Å². The van der Waals surface area contributed by atoms with Crippen molar-refractivity contribution in [2.24, 2.45) is 0 Å². The van der Waals surface area contributed by atoms with E-state index in [9.17, 15) is 14.7 Å². The number of imide groups is 1. The van der Waals surface area contributed by atoms with Gasteiger partial charge in [0, 0.05) is 40.7 Å². The van der Waals surface area contributed by atoms with Crippen molar-refractivity contribution in [3.63, 3.8) is 0 Å². The van der Waals surface area contributed by atoms with E-state index in [4.69, 9.17) is 4.74 Å². The zero-order chi connectivity index (χ0) is 16.0. The maximum Gasteiger partial charge on any atom is 0.263 e. The van der Waals surface area contributed by atoms with E-state index in [2.05, 4.69) is 4.90 Å². The van der Waals surface area contributed by atoms with Crippen LogP contribution in [0, 0.1) is 0 Å². The van der Waals surface area contributed by atoms with Gasteiger partial charge in [-0.3, -0.25) is 14.5 Å². The molecule has 0 unspecified atom stereocenters. The first-order valence-electron chi connectivity index (χ1n) is 7.58. The molecule has 23 heavy (non-hydrogen) atoms. The van der Waals surface area contributed by atoms with E-state index >= 15 is 0 Å². The monoisotopic (exact) mass is 312 g/mol. The Balaban J connectivity index is 1.95. The van der Waals surface area contributed by atoms with Gasteiger partial charge in [-0.25, -0.2) is 0 Å². The van der Waals surface area contributed by atoms with Crippen molar-refractivity contribution in [1.29, 1.82) is 0 Å². The molecule has 0 atom stereocenters. The Morgan fingerprint density at radius 3 is 2.39 bits per heavy atom. The van der Waals surface area contributed by atoms with Gasteiger partial charge in [-0.15, -0.1) is 0 Å². The molecular weight excluding hydrogens is 296 g/mol. The van der Waals surface area contributed by atoms with Crippen molar-refractivity contribution in [1.82, 2.24) is 4.90 Å². The summed E-state index contributed by atoms with van der Waals surface area (Å²) in [5, 5.41) is 10.9. The normalized spacial score (nSPS) is 18.0. The minimum Gasteiger partial charge on any atom is -0.378 e. The lowest BCUT2D eigenvalue weighted by Gasteiger charge is -2.32. The first-order valence-corrected chi connectivity index (χ1v) is 7.58. The lowest BCUT2D eigenvalue weighted by atomic mass is 9.93. The van der Waals surface area contributed by atoms with Crippen molar-refractivity contribution >= 4 is 28.3 Å². The molecule has 0 aliphatic carbocycles. The Kier molecular flexibility index (Phi) is 3.28. The molecule has 118 valence electrons. The quantitative estimate of drug-likeness (QED) is 0.845. The number of hydrogen-bond donors (Lipinski definition) is 1. The third kappa shape index (κ3) is 2.03. The van der Waals surface area contributed by atoms with Gasteiger partial charge in [0.2, 0.25) is 0 Å². The van der Waals surface area contributed by atoms with Crippen LogP contribution in [0.25, 0.3) is 10.8 Å². The van der Waals surface area contributed by atoms with Crippen molar-refractivity contribution < 1.29 is 19.4 Å². The predicted molar refractivity (Wildman–Crippen MR) is 84.6 cm³/mol. The van der Waals surface area contributed by atoms with Gasteiger partial charge < -0.3 is 14.7 Å². The fourth-order valence-electron chi connectivity index (χ4n) is 3.34. The Bertz CT molecular complexity index is 789. The fraction of sp³-hybridized carbons (Fsp3) is 0.294. The summed E-state index contributed by atoms with van der Waals surface area (Å²) in [7, 11) is 0. The highest BCUT2D eigenvalue weighted by Gasteiger charge is 2.33. The highest BCUT2D eigenvalue weighted by molar-refractivity contribution is 6.26. The van der Waals surface area contributed by atoms with Crippen LogP contribution >= 0.6 is 0 Å². The van der Waals surface area contributed by atoms with Crippen LogP contribution in [0.1, 0.15) is 20.7 Å². The van der Waals surface area contributed by atoms with Gasteiger partial charge in [0.1, 0.15) is 6.73 Å². The van der Waals surface area contributed by atoms with Crippen molar-refractivity contribution in [2.45, 2.75) is 0 Å². The summed E-state index contributed by atoms with van der Waals surface area (Å²) >= 11 is 0. The minimum atomic E-state index is -0.612. The molecule has 0 spiro atoms. The van der Waals surface area contributed by atoms with E-state index in [1.165, 1.54) is 0 Å². The first kappa shape index (κ1) is 14.2. The lowest BCUT2D eigenvalue weighted by Crippen LogP contribution is -2.41. The third-order valence-electron chi connectivity index (χ3n) is 4.46. The molecule has 0 bridgehead atoms. The molecule has 2 heterocycles. The zero-order valence-electron chi connectivity index (χ0n) is 12.5. The Hall–Kier alpha value is -2.44. The lowest BCUT2D eigenvalue weighted by molar-refractivity contribution is 0.0444. The summed E-state index contributed by atoms with van der Waals surface area (Å²) in [5.41, 5.74) is 1.93. The number of morpholine rings is 1. The molecule has 4 rings (SSSR count). The molecule has 2 aliphatic heterocycles. The van der Waals surface area contributed by atoms with Crippen LogP contribution < -0.4 is 4.90 Å². The SMILES string of the molecule is O=C1c2cccc3c(N4CCOCC4)ccc(c23)C(=O)N1CO. The van der Waals surface area contributed by atoms with Gasteiger partial charge >= 0.3 is 0 Å². The molecule has 1 fully saturated rings. The second-order valence-electron chi connectivity index (χ2n) is 5.64. The van der Waals surface area contributed by atoms with Gasteiger partial charge in [-0.1, -0.05) is 12.1 Å². The number of aliphatic hydroxyl groups is 1. The maximum atomic E-state index is 12.4. The average molecular weight is 312 g/mol. The predicted octanol–water partition coefficient (Wildman–Crippen LogP) is 1.22. The molecule has 2 aliphatic rings. The number of anilines is 1. The summed E-state index contributed by atoms with van der Waals surface area (Å²) in [6.07, 6.45) is 0. The molecule has 0 aromatic heterocycles. The van der Waals surface area contributed by atoms with E-state index in [-0.39, 0.29) is 0 Å². The van der Waals surface area contributed by atoms with Crippen LogP contribution in [-0.4, -0.2) is 54.9 Å². The van der Waals surface area contributed by atoms with E-state index in [0.717, 1.165) is 29.1 Å². The fourth-order valence-corrected chi connectivity index (χ4v) is 3.34. The Morgan fingerprint density at radius 1 is 1.00 bits per heavy atom. The molecule has 1 saturated heterocycles. The highest BCUT2D eigenvalue weighted by Crippen LogP contribution is 2.36. The largest absolute Gasteiger partial charge is 0.378 e. The number of hydrogen-bond acceptors (Lipinski definition) is 5. The number of benzene rings is 2. The molecule has 6 heteroatoms. The molecule has 2 aromatic carbocycles. The van der Waals surface area contributed by atoms with Crippen LogP contribution in [0.5, 0.6) is 0 Å². The van der Waals surface area contributed by atoms with Crippen molar-refractivity contribution in [3.8, 4) is 0 Å². The van der Waals surface area contributed by atoms with Gasteiger partial charge in [0.15, 0.2) is 0 Å². The van der Waals surface area contributed by atoms with Gasteiger partial charge in [-0.2, -0.15) is 0 Å². The maximum absolute atomic E-state index is 12.4. The zero-order valence-corrected chi connectivity index (χ0v) is 12.5. The van der Waals surface area contributed by atoms with Crippen molar-refractivity contribution in [2.75, 3.05) is 37.9 Å². The number of amides is 2. The Morgan fingerprint density at radius 2 is 1.70 bits per heavy atom. The van der Waals surface area contributed by atoms with Crippen LogP contribution in [0.4, 0.5) is 5.69 Å². The number of ether oxygens (including phenoxy) is 1. The highest BCUT2D eigenvalue weighted by atomic mass is 16.5. The van der Waals surface area contributed by atoms with E-state index in [1.807, 2.05) is 18.2 Å². The van der Waals surface area contributed by atoms with Gasteiger partial charge in [-0.05, 0) is 18.2 Å². The summed E-state index contributed by atoms with van der Waals surface area (Å²) in [6.45, 7) is 2.28. The molecule has 0 radical (unpaired) electrons. The summed E-state index contributed by atoms with van der Waals surface area (Å²) in [6, 6.07) is 9.10. The van der Waals surface area contributed by atoms with Gasteiger partial charge in [0.05, 0.1) is 13.2 Å². The summed E-state index contributed by atoms with van der Waals surface area (Å²) < 4.78 is 5.39. The number of aliphatic hydroxyl groups excluding tert-OH is 1. The van der Waals surface area contributed by atoms with Crippen LogP contribution in [0.15, 0.2) is 30.3 Å². The number of rotatable bonds is 2. The summed E-state index contributed by atoms with van der Waals surface area (Å²) in [4.78, 5) is 28.0. The Labute approximate surface area is 132 Å². The third-order valence-corrected chi connectivity index (χ3v) is 4.46. The smallest absolute Gasteiger partial charge is 0.263 e. The second-order valence-corrected chi connectivity index (χ2v) is 5.64. The molecule has 2 amide bonds. The number of nitrogens with zero attached hydrogens (tertiary/aromatic N) is 2. The first-order chi connectivity index (χ1) is 11.2. The van der Waals surface area contributed by atoms with Gasteiger partial charge in [0.25, 0.3) is 11.8 Å². The molecule has 2 aromatic rings. The van der Waals surface area contributed by atoms with Crippen molar-refractivity contribution in [3.05, 3.63) is 41.5 Å². The number of carbonyl (C=O) groups is 2. The van der Waals surface area contributed by atoms with E-state index in [1.54, 1.807) is 12.1 Å². The standard InChI is InChI=1S/C17H16N2O4/c20-10-19-16(21)12-3-1-2-11-14(18-6-8-23-9-7-18)5-4-13(15(11)12)17(19)22/h1-5,20H,6-10H2. The molecule has 1 N–H and O–H groups in total. The molecule has 0 saturated carbocycles. The topological polar surface area (TPSA) is 70.1 Å². The second kappa shape index (κ2) is 5.33. The molecule has 6 nitrogen and oxygen atoms in total.